The second-order valence-electron chi connectivity index (χ2n) is 5.99. The summed E-state index contributed by atoms with van der Waals surface area (Å²) in [5, 5.41) is 2.65. The van der Waals surface area contributed by atoms with Crippen molar-refractivity contribution in [1.82, 2.24) is 9.97 Å². The molecule has 1 heterocycles. The van der Waals surface area contributed by atoms with Gasteiger partial charge in [0.25, 0.3) is 0 Å². The predicted octanol–water partition coefficient (Wildman–Crippen LogP) is 4.53. The van der Waals surface area contributed by atoms with Crippen LogP contribution >= 0.6 is 11.6 Å². The Kier molecular flexibility index (Phi) is 4.14. The van der Waals surface area contributed by atoms with Gasteiger partial charge in [0.05, 0.1) is 0 Å². The monoisotopic (exact) mass is 307 g/mol. The second-order valence-corrected chi connectivity index (χ2v) is 6.33. The molecule has 20 heavy (non-hydrogen) atoms. The van der Waals surface area contributed by atoms with Gasteiger partial charge in [-0.1, -0.05) is 13.8 Å². The van der Waals surface area contributed by atoms with Crippen LogP contribution in [0.2, 0.25) is 5.28 Å². The van der Waals surface area contributed by atoms with E-state index in [0.29, 0.717) is 5.41 Å². The summed E-state index contributed by atoms with van der Waals surface area (Å²) in [6.45, 7) is 4.40. The van der Waals surface area contributed by atoms with E-state index in [0.717, 1.165) is 31.7 Å². The fraction of sp³-hybridized carbons (Fsp3) is 0.692. The summed E-state index contributed by atoms with van der Waals surface area (Å²) >= 11 is 5.56. The van der Waals surface area contributed by atoms with Gasteiger partial charge in [0.1, 0.15) is 5.82 Å². The predicted molar refractivity (Wildman–Crippen MR) is 71.7 cm³/mol. The first-order valence-corrected chi connectivity index (χ1v) is 6.92. The molecule has 0 unspecified atom stereocenters. The maximum atomic E-state index is 12.7. The fourth-order valence-corrected chi connectivity index (χ4v) is 2.57. The lowest BCUT2D eigenvalue weighted by molar-refractivity contribution is -0.141. The Hall–Kier alpha value is -1.04. The first-order valence-electron chi connectivity index (χ1n) is 6.54. The summed E-state index contributed by atoms with van der Waals surface area (Å²) in [7, 11) is 0. The van der Waals surface area contributed by atoms with Crippen LogP contribution in [0.4, 0.5) is 19.0 Å². The molecule has 0 amide bonds. The number of nitrogens with one attached hydrogen (secondary N) is 1. The number of alkyl halides is 3. The molecule has 1 N–H and O–H groups in total. The Morgan fingerprint density at radius 3 is 2.40 bits per heavy atom. The molecule has 112 valence electrons. The van der Waals surface area contributed by atoms with Crippen molar-refractivity contribution in [3.05, 3.63) is 17.0 Å². The molecule has 2 rings (SSSR count). The first kappa shape index (κ1) is 15.4. The summed E-state index contributed by atoms with van der Waals surface area (Å²) in [6.07, 6.45) is -0.616. The smallest absolute Gasteiger partial charge is 0.367 e. The normalized spacial score (nSPS) is 19.9. The van der Waals surface area contributed by atoms with Crippen molar-refractivity contribution in [3.8, 4) is 0 Å². The van der Waals surface area contributed by atoms with Crippen molar-refractivity contribution >= 4 is 17.4 Å². The van der Waals surface area contributed by atoms with Crippen LogP contribution < -0.4 is 5.32 Å². The van der Waals surface area contributed by atoms with E-state index in [1.807, 2.05) is 0 Å². The third-order valence-electron chi connectivity index (χ3n) is 3.68. The zero-order valence-corrected chi connectivity index (χ0v) is 12.1. The van der Waals surface area contributed by atoms with Crippen molar-refractivity contribution in [2.45, 2.75) is 51.7 Å². The van der Waals surface area contributed by atoms with E-state index in [9.17, 15) is 13.2 Å². The van der Waals surface area contributed by atoms with Gasteiger partial charge in [-0.2, -0.15) is 13.2 Å². The average Bonchev–Trinajstić information content (AvgIpc) is 2.30. The molecular weight excluding hydrogens is 291 g/mol. The molecule has 3 nitrogen and oxygen atoms in total. The Morgan fingerprint density at radius 2 is 1.85 bits per heavy atom. The van der Waals surface area contributed by atoms with Crippen LogP contribution in [0.3, 0.4) is 0 Å². The van der Waals surface area contributed by atoms with Gasteiger partial charge in [-0.15, -0.1) is 0 Å². The highest BCUT2D eigenvalue weighted by atomic mass is 35.5. The van der Waals surface area contributed by atoms with E-state index in [2.05, 4.69) is 29.1 Å². The van der Waals surface area contributed by atoms with Crippen LogP contribution in [0.1, 0.15) is 45.2 Å². The molecule has 0 spiro atoms. The van der Waals surface area contributed by atoms with Crippen LogP contribution in [0.15, 0.2) is 6.07 Å². The Labute approximate surface area is 120 Å². The van der Waals surface area contributed by atoms with Crippen LogP contribution in [-0.2, 0) is 6.18 Å². The van der Waals surface area contributed by atoms with Gasteiger partial charge in [0, 0.05) is 12.1 Å². The van der Waals surface area contributed by atoms with E-state index in [4.69, 9.17) is 11.6 Å². The molecule has 1 aromatic rings. The zero-order chi connectivity index (χ0) is 15.0. The van der Waals surface area contributed by atoms with Crippen LogP contribution in [0, 0.1) is 5.41 Å². The first-order chi connectivity index (χ1) is 9.16. The van der Waals surface area contributed by atoms with Crippen LogP contribution in [0.25, 0.3) is 0 Å². The number of hydrogen-bond acceptors (Lipinski definition) is 3. The number of anilines is 1. The summed E-state index contributed by atoms with van der Waals surface area (Å²) < 4.78 is 38.0. The fourth-order valence-electron chi connectivity index (χ4n) is 2.39. The lowest BCUT2D eigenvalue weighted by Gasteiger charge is -2.34. The number of rotatable bonds is 2. The second kappa shape index (κ2) is 5.39. The molecule has 7 heteroatoms. The SMILES string of the molecule is CC1(C)CCC(Nc2cc(C(F)(F)F)nc(Cl)n2)CC1. The van der Waals surface area contributed by atoms with Crippen molar-refractivity contribution < 1.29 is 13.2 Å². The molecule has 1 fully saturated rings. The molecule has 0 saturated heterocycles. The zero-order valence-electron chi connectivity index (χ0n) is 11.4. The molecule has 0 radical (unpaired) electrons. The molecule has 0 bridgehead atoms. The van der Waals surface area contributed by atoms with E-state index in [1.54, 1.807) is 0 Å². The van der Waals surface area contributed by atoms with Crippen molar-refractivity contribution in [1.29, 1.82) is 0 Å². The highest BCUT2D eigenvalue weighted by molar-refractivity contribution is 6.28. The van der Waals surface area contributed by atoms with Gasteiger partial charge >= 0.3 is 6.18 Å². The number of hydrogen-bond donors (Lipinski definition) is 1. The van der Waals surface area contributed by atoms with Crippen LogP contribution in [0.5, 0.6) is 0 Å². The van der Waals surface area contributed by atoms with E-state index in [1.165, 1.54) is 0 Å². The topological polar surface area (TPSA) is 37.8 Å². The van der Waals surface area contributed by atoms with Gasteiger partial charge in [0.15, 0.2) is 5.69 Å². The lowest BCUT2D eigenvalue weighted by atomic mass is 9.75. The van der Waals surface area contributed by atoms with E-state index >= 15 is 0 Å². The lowest BCUT2D eigenvalue weighted by Crippen LogP contribution is -2.30. The molecule has 0 aromatic carbocycles. The number of halogens is 4. The highest BCUT2D eigenvalue weighted by Crippen LogP contribution is 2.36. The van der Waals surface area contributed by atoms with E-state index in [-0.39, 0.29) is 11.9 Å². The highest BCUT2D eigenvalue weighted by Gasteiger charge is 2.34. The molecule has 0 atom stereocenters. The van der Waals surface area contributed by atoms with Crippen LogP contribution in [-0.4, -0.2) is 16.0 Å². The average molecular weight is 308 g/mol. The maximum Gasteiger partial charge on any atom is 0.433 e. The molecule has 1 aliphatic carbocycles. The van der Waals surface area contributed by atoms with Gasteiger partial charge < -0.3 is 5.32 Å². The number of aromatic nitrogens is 2. The largest absolute Gasteiger partial charge is 0.433 e. The van der Waals surface area contributed by atoms with Crippen molar-refractivity contribution in [2.75, 3.05) is 5.32 Å². The minimum Gasteiger partial charge on any atom is -0.367 e. The molecule has 1 aromatic heterocycles. The Morgan fingerprint density at radius 1 is 1.25 bits per heavy atom. The Balaban J connectivity index is 2.09. The van der Waals surface area contributed by atoms with Crippen molar-refractivity contribution in [2.24, 2.45) is 5.41 Å². The van der Waals surface area contributed by atoms with Gasteiger partial charge in [-0.3, -0.25) is 0 Å². The molecule has 1 saturated carbocycles. The minimum atomic E-state index is -4.52. The van der Waals surface area contributed by atoms with Crippen molar-refractivity contribution in [3.63, 3.8) is 0 Å². The van der Waals surface area contributed by atoms with Gasteiger partial charge in [-0.25, -0.2) is 9.97 Å². The standard InChI is InChI=1S/C13H17ClF3N3/c1-12(2)5-3-8(4-6-12)18-10-7-9(13(15,16)17)19-11(14)20-10/h7-8H,3-6H2,1-2H3,(H,18,19,20). The maximum absolute atomic E-state index is 12.7. The summed E-state index contributed by atoms with van der Waals surface area (Å²) in [6, 6.07) is 1.04. The third-order valence-corrected chi connectivity index (χ3v) is 3.85. The Bertz CT molecular complexity index is 478. The minimum absolute atomic E-state index is 0.134. The summed E-state index contributed by atoms with van der Waals surface area (Å²) in [5.74, 6) is 0.141. The van der Waals surface area contributed by atoms with Gasteiger partial charge in [0.2, 0.25) is 5.28 Å². The third kappa shape index (κ3) is 3.98. The quantitative estimate of drug-likeness (QED) is 0.816. The molecular formula is C13H17ClF3N3. The molecule has 0 aliphatic heterocycles. The summed E-state index contributed by atoms with van der Waals surface area (Å²) in [5.41, 5.74) is -0.713. The number of nitrogens with zero attached hydrogens (tertiary/aromatic N) is 2. The van der Waals surface area contributed by atoms with Gasteiger partial charge in [-0.05, 0) is 42.7 Å². The molecule has 1 aliphatic rings. The van der Waals surface area contributed by atoms with E-state index < -0.39 is 17.2 Å². The summed E-state index contributed by atoms with van der Waals surface area (Å²) in [4.78, 5) is 7.03.